The molecule has 0 aliphatic rings. The summed E-state index contributed by atoms with van der Waals surface area (Å²) < 4.78 is 8.95. The van der Waals surface area contributed by atoms with E-state index in [0.29, 0.717) is 12.2 Å². The van der Waals surface area contributed by atoms with Gasteiger partial charge in [0.1, 0.15) is 0 Å². The monoisotopic (exact) mass is 228 g/mol. The first-order valence-corrected chi connectivity index (χ1v) is 5.02. The first-order valence-electron chi connectivity index (χ1n) is 5.02. The van der Waals surface area contributed by atoms with E-state index < -0.39 is 0 Å². The summed E-state index contributed by atoms with van der Waals surface area (Å²) >= 11 is 0. The van der Waals surface area contributed by atoms with Crippen LogP contribution in [-0.2, 0) is 19.1 Å². The first kappa shape index (κ1) is 16.8. The molecular weight excluding hydrogens is 208 g/mol. The third-order valence-electron chi connectivity index (χ3n) is 1.44. The minimum Gasteiger partial charge on any atom is -0.466 e. The van der Waals surface area contributed by atoms with E-state index >= 15 is 0 Å². The highest BCUT2D eigenvalue weighted by atomic mass is 16.5. The van der Waals surface area contributed by atoms with Crippen molar-refractivity contribution in [2.75, 3.05) is 13.7 Å². The highest BCUT2D eigenvalue weighted by molar-refractivity contribution is 5.86. The van der Waals surface area contributed by atoms with E-state index in [9.17, 15) is 9.59 Å². The van der Waals surface area contributed by atoms with Crippen LogP contribution >= 0.6 is 0 Å². The molecule has 0 aromatic rings. The van der Waals surface area contributed by atoms with Gasteiger partial charge in [-0.3, -0.25) is 0 Å². The molecule has 0 aromatic carbocycles. The van der Waals surface area contributed by atoms with E-state index in [4.69, 9.17) is 0 Å². The van der Waals surface area contributed by atoms with E-state index in [1.807, 2.05) is 6.92 Å². The number of carbonyl (C=O) groups excluding carboxylic acids is 2. The smallest absolute Gasteiger partial charge is 0.332 e. The maximum absolute atomic E-state index is 10.3. The Hall–Kier alpha value is -1.58. The van der Waals surface area contributed by atoms with Gasteiger partial charge in [0.15, 0.2) is 0 Å². The highest BCUT2D eigenvalue weighted by Crippen LogP contribution is 1.88. The molecule has 0 saturated heterocycles. The number of carbonyl (C=O) groups is 2. The zero-order valence-corrected chi connectivity index (χ0v) is 10.2. The van der Waals surface area contributed by atoms with Crippen molar-refractivity contribution >= 4 is 11.9 Å². The van der Waals surface area contributed by atoms with Crippen LogP contribution < -0.4 is 0 Å². The van der Waals surface area contributed by atoms with Crippen molar-refractivity contribution in [3.05, 3.63) is 24.8 Å². The van der Waals surface area contributed by atoms with Crippen LogP contribution in [0.25, 0.3) is 0 Å². The summed E-state index contributed by atoms with van der Waals surface area (Å²) in [4.78, 5) is 20.5. The second kappa shape index (κ2) is 11.5. The Kier molecular flexibility index (Phi) is 12.1. The van der Waals surface area contributed by atoms with Gasteiger partial charge in [0.2, 0.25) is 0 Å². The SMILES string of the molecule is C=C(C)C(=O)OC.C=CC(=O)OCCCC. The Bertz CT molecular complexity index is 243. The summed E-state index contributed by atoms with van der Waals surface area (Å²) in [5, 5.41) is 0. The lowest BCUT2D eigenvalue weighted by molar-refractivity contribution is -0.138. The van der Waals surface area contributed by atoms with Crippen molar-refractivity contribution in [2.45, 2.75) is 26.7 Å². The molecule has 0 spiro atoms. The molecule has 4 heteroatoms. The minimum absolute atomic E-state index is 0.330. The molecule has 0 radical (unpaired) electrons. The maximum Gasteiger partial charge on any atom is 0.332 e. The number of hydrogen-bond acceptors (Lipinski definition) is 4. The lowest BCUT2D eigenvalue weighted by Gasteiger charge is -1.97. The average molecular weight is 228 g/mol. The maximum atomic E-state index is 10.3. The van der Waals surface area contributed by atoms with Gasteiger partial charge < -0.3 is 9.47 Å². The van der Waals surface area contributed by atoms with Gasteiger partial charge in [0.05, 0.1) is 13.7 Å². The Balaban J connectivity index is 0. The molecule has 0 atom stereocenters. The molecule has 0 aliphatic carbocycles. The van der Waals surface area contributed by atoms with Crippen LogP contribution in [-0.4, -0.2) is 25.7 Å². The summed E-state index contributed by atoms with van der Waals surface area (Å²) in [6.07, 6.45) is 3.15. The second-order valence-electron chi connectivity index (χ2n) is 3.00. The first-order chi connectivity index (χ1) is 7.49. The predicted octanol–water partition coefficient (Wildman–Crippen LogP) is 2.25. The molecule has 92 valence electrons. The van der Waals surface area contributed by atoms with Crippen molar-refractivity contribution in [3.8, 4) is 0 Å². The fourth-order valence-electron chi connectivity index (χ4n) is 0.550. The molecule has 0 N–H and O–H groups in total. The minimum atomic E-state index is -0.347. The van der Waals surface area contributed by atoms with Gasteiger partial charge >= 0.3 is 11.9 Å². The van der Waals surface area contributed by atoms with Gasteiger partial charge in [-0.15, -0.1) is 0 Å². The Morgan fingerprint density at radius 1 is 1.38 bits per heavy atom. The Labute approximate surface area is 96.9 Å². The van der Waals surface area contributed by atoms with Gasteiger partial charge in [-0.05, 0) is 13.3 Å². The van der Waals surface area contributed by atoms with E-state index in [0.717, 1.165) is 12.8 Å². The Morgan fingerprint density at radius 3 is 2.19 bits per heavy atom. The van der Waals surface area contributed by atoms with Crippen LogP contribution in [0.5, 0.6) is 0 Å². The number of unbranched alkanes of at least 4 members (excludes halogenated alkanes) is 1. The fraction of sp³-hybridized carbons (Fsp3) is 0.500. The van der Waals surface area contributed by atoms with Crippen molar-refractivity contribution < 1.29 is 19.1 Å². The molecule has 16 heavy (non-hydrogen) atoms. The number of esters is 2. The number of rotatable bonds is 5. The van der Waals surface area contributed by atoms with E-state index in [1.165, 1.54) is 13.2 Å². The molecule has 0 aromatic heterocycles. The average Bonchev–Trinajstić information content (AvgIpc) is 2.28. The molecule has 0 aliphatic heterocycles. The lowest BCUT2D eigenvalue weighted by atomic mass is 10.4. The molecule has 0 amide bonds. The van der Waals surface area contributed by atoms with E-state index in [2.05, 4.69) is 22.6 Å². The van der Waals surface area contributed by atoms with Gasteiger partial charge in [-0.2, -0.15) is 0 Å². The van der Waals surface area contributed by atoms with Crippen LogP contribution in [0.1, 0.15) is 26.7 Å². The summed E-state index contributed by atoms with van der Waals surface area (Å²) in [6.45, 7) is 10.8. The molecule has 0 saturated carbocycles. The summed E-state index contributed by atoms with van der Waals surface area (Å²) in [6, 6.07) is 0. The van der Waals surface area contributed by atoms with Crippen molar-refractivity contribution in [3.63, 3.8) is 0 Å². The summed E-state index contributed by atoms with van der Waals surface area (Å²) in [7, 11) is 1.33. The predicted molar refractivity (Wildman–Crippen MR) is 62.9 cm³/mol. The van der Waals surface area contributed by atoms with E-state index in [1.54, 1.807) is 6.92 Å². The number of methoxy groups -OCH3 is 1. The van der Waals surface area contributed by atoms with Crippen LogP contribution in [0, 0.1) is 0 Å². The van der Waals surface area contributed by atoms with Gasteiger partial charge in [0, 0.05) is 11.6 Å². The van der Waals surface area contributed by atoms with E-state index in [-0.39, 0.29) is 11.9 Å². The molecule has 0 unspecified atom stereocenters. The normalized spacial score (nSPS) is 8.19. The molecular formula is C12H20O4. The molecule has 0 bridgehead atoms. The standard InChI is InChI=1S/C7H12O2.C5H8O2/c1-3-5-6-9-7(8)4-2;1-4(2)5(6)7-3/h4H,2-3,5-6H2,1H3;1H2,2-3H3. The van der Waals surface area contributed by atoms with Crippen LogP contribution in [0.2, 0.25) is 0 Å². The lowest BCUT2D eigenvalue weighted by Crippen LogP contribution is -2.00. The van der Waals surface area contributed by atoms with Gasteiger partial charge in [-0.1, -0.05) is 26.5 Å². The zero-order valence-electron chi connectivity index (χ0n) is 10.2. The Morgan fingerprint density at radius 2 is 1.94 bits per heavy atom. The van der Waals surface area contributed by atoms with Crippen LogP contribution in [0.3, 0.4) is 0 Å². The largest absolute Gasteiger partial charge is 0.466 e. The van der Waals surface area contributed by atoms with Crippen molar-refractivity contribution in [1.82, 2.24) is 0 Å². The quantitative estimate of drug-likeness (QED) is 0.411. The summed E-state index contributed by atoms with van der Waals surface area (Å²) in [5.74, 6) is -0.677. The number of hydrogen-bond donors (Lipinski definition) is 0. The molecule has 0 heterocycles. The van der Waals surface area contributed by atoms with Crippen molar-refractivity contribution in [1.29, 1.82) is 0 Å². The summed E-state index contributed by atoms with van der Waals surface area (Å²) in [5.41, 5.74) is 0.433. The van der Waals surface area contributed by atoms with Gasteiger partial charge in [-0.25, -0.2) is 9.59 Å². The third kappa shape index (κ3) is 12.4. The second-order valence-corrected chi connectivity index (χ2v) is 3.00. The third-order valence-corrected chi connectivity index (χ3v) is 1.44. The van der Waals surface area contributed by atoms with Crippen LogP contribution in [0.15, 0.2) is 24.8 Å². The molecule has 0 rings (SSSR count). The molecule has 4 nitrogen and oxygen atoms in total. The van der Waals surface area contributed by atoms with Gasteiger partial charge in [0.25, 0.3) is 0 Å². The zero-order chi connectivity index (χ0) is 13.0. The van der Waals surface area contributed by atoms with Crippen molar-refractivity contribution in [2.24, 2.45) is 0 Å². The fourth-order valence-corrected chi connectivity index (χ4v) is 0.550. The number of ether oxygens (including phenoxy) is 2. The topological polar surface area (TPSA) is 52.6 Å². The highest BCUT2D eigenvalue weighted by Gasteiger charge is 1.95. The molecule has 0 fully saturated rings. The van der Waals surface area contributed by atoms with Crippen LogP contribution in [0.4, 0.5) is 0 Å².